The number of hydrogen-bond donors (Lipinski definition) is 1. The number of aromatic nitrogens is 1. The molecule has 9 heteroatoms. The highest BCUT2D eigenvalue weighted by Gasteiger charge is 2.33. The van der Waals surface area contributed by atoms with Gasteiger partial charge in [0.2, 0.25) is 0 Å². The standard InChI is InChI=1S/C25H25ClF3N3O2/c1-25(2,3)34-24(33)31-22-6-7-32(13-20(22)29)23-18-10-15(26)4-5-21(18)30-12-19(23)14-8-16(27)11-17(28)9-14/h4-5,8-12,20,22H,6-7,13H2,1-3H3,(H,31,33). The predicted molar refractivity (Wildman–Crippen MR) is 127 cm³/mol. The lowest BCUT2D eigenvalue weighted by Crippen LogP contribution is -2.53. The van der Waals surface area contributed by atoms with E-state index < -0.39 is 35.5 Å². The van der Waals surface area contributed by atoms with Gasteiger partial charge in [-0.05, 0) is 63.1 Å². The second-order valence-corrected chi connectivity index (χ2v) is 9.78. The van der Waals surface area contributed by atoms with Crippen molar-refractivity contribution in [1.82, 2.24) is 10.3 Å². The largest absolute Gasteiger partial charge is 0.444 e. The second-order valence-electron chi connectivity index (χ2n) is 9.34. The number of anilines is 1. The molecule has 0 bridgehead atoms. The van der Waals surface area contributed by atoms with E-state index in [0.717, 1.165) is 6.07 Å². The molecule has 5 nitrogen and oxygen atoms in total. The SMILES string of the molecule is CC(C)(C)OC(=O)NC1CCN(c2c(-c3cc(F)cc(F)c3)cnc3ccc(Cl)cc23)CC1F. The minimum atomic E-state index is -1.40. The average molecular weight is 492 g/mol. The van der Waals surface area contributed by atoms with Crippen LogP contribution in [0.15, 0.2) is 42.6 Å². The Morgan fingerprint density at radius 3 is 2.53 bits per heavy atom. The lowest BCUT2D eigenvalue weighted by Gasteiger charge is -2.38. The van der Waals surface area contributed by atoms with E-state index in [0.29, 0.717) is 40.1 Å². The van der Waals surface area contributed by atoms with Gasteiger partial charge in [0.1, 0.15) is 23.4 Å². The summed E-state index contributed by atoms with van der Waals surface area (Å²) in [6, 6.07) is 7.63. The third-order valence-corrected chi connectivity index (χ3v) is 5.77. The first kappa shape index (κ1) is 24.1. The summed E-state index contributed by atoms with van der Waals surface area (Å²) in [5.74, 6) is -1.45. The summed E-state index contributed by atoms with van der Waals surface area (Å²) >= 11 is 6.24. The minimum absolute atomic E-state index is 0.0448. The monoisotopic (exact) mass is 491 g/mol. The molecule has 2 atom stereocenters. The van der Waals surface area contributed by atoms with Crippen molar-refractivity contribution in [2.45, 2.75) is 45.0 Å². The van der Waals surface area contributed by atoms with Crippen molar-refractivity contribution in [3.63, 3.8) is 0 Å². The zero-order chi connectivity index (χ0) is 24.6. The van der Waals surface area contributed by atoms with Crippen LogP contribution >= 0.6 is 11.6 Å². The van der Waals surface area contributed by atoms with Gasteiger partial charge in [-0.15, -0.1) is 0 Å². The molecule has 180 valence electrons. The number of nitrogens with one attached hydrogen (secondary N) is 1. The predicted octanol–water partition coefficient (Wildman–Crippen LogP) is 6.27. The third-order valence-electron chi connectivity index (χ3n) is 5.53. The van der Waals surface area contributed by atoms with Crippen LogP contribution in [0.3, 0.4) is 0 Å². The van der Waals surface area contributed by atoms with Gasteiger partial charge in [0.05, 0.1) is 23.8 Å². The molecule has 34 heavy (non-hydrogen) atoms. The fourth-order valence-corrected chi connectivity index (χ4v) is 4.31. The molecule has 1 N–H and O–H groups in total. The molecule has 0 aliphatic carbocycles. The molecule has 1 aromatic heterocycles. The van der Waals surface area contributed by atoms with E-state index in [1.807, 2.05) is 0 Å². The Morgan fingerprint density at radius 1 is 1.18 bits per heavy atom. The number of alkyl halides is 1. The van der Waals surface area contributed by atoms with Crippen molar-refractivity contribution in [2.24, 2.45) is 0 Å². The van der Waals surface area contributed by atoms with Crippen molar-refractivity contribution >= 4 is 34.3 Å². The van der Waals surface area contributed by atoms with Gasteiger partial charge < -0.3 is 15.0 Å². The maximum absolute atomic E-state index is 15.2. The molecule has 1 aliphatic heterocycles. The van der Waals surface area contributed by atoms with Gasteiger partial charge in [-0.3, -0.25) is 4.98 Å². The average Bonchev–Trinajstić information content (AvgIpc) is 2.72. The molecule has 4 rings (SSSR count). The van der Waals surface area contributed by atoms with Gasteiger partial charge >= 0.3 is 6.09 Å². The first-order chi connectivity index (χ1) is 16.0. The number of halogens is 4. The fraction of sp³-hybridized carbons (Fsp3) is 0.360. The summed E-state index contributed by atoms with van der Waals surface area (Å²) in [6.07, 6.45) is -0.244. The summed E-state index contributed by atoms with van der Waals surface area (Å²) in [7, 11) is 0. The van der Waals surface area contributed by atoms with E-state index in [4.69, 9.17) is 16.3 Å². The lowest BCUT2D eigenvalue weighted by atomic mass is 9.97. The van der Waals surface area contributed by atoms with Gasteiger partial charge in [-0.1, -0.05) is 11.6 Å². The van der Waals surface area contributed by atoms with Crippen LogP contribution in [-0.4, -0.2) is 42.0 Å². The van der Waals surface area contributed by atoms with E-state index in [1.165, 1.54) is 18.3 Å². The number of benzene rings is 2. The highest BCUT2D eigenvalue weighted by Crippen LogP contribution is 2.39. The van der Waals surface area contributed by atoms with Gasteiger partial charge in [-0.2, -0.15) is 0 Å². The van der Waals surface area contributed by atoms with E-state index in [2.05, 4.69) is 10.3 Å². The van der Waals surface area contributed by atoms with Crippen LogP contribution in [0.2, 0.25) is 5.02 Å². The van der Waals surface area contributed by atoms with Crippen LogP contribution in [0.1, 0.15) is 27.2 Å². The Bertz CT molecular complexity index is 1210. The number of amides is 1. The normalized spacial score (nSPS) is 18.7. The summed E-state index contributed by atoms with van der Waals surface area (Å²) in [5, 5.41) is 3.70. The van der Waals surface area contributed by atoms with Crippen molar-refractivity contribution in [3.05, 3.63) is 59.3 Å². The molecular formula is C25H25ClF3N3O2. The number of hydrogen-bond acceptors (Lipinski definition) is 4. The zero-order valence-corrected chi connectivity index (χ0v) is 19.8. The van der Waals surface area contributed by atoms with Gasteiger partial charge in [0.15, 0.2) is 0 Å². The number of carbonyl (C=O) groups is 1. The molecule has 2 unspecified atom stereocenters. The number of pyridine rings is 1. The summed E-state index contributed by atoms with van der Waals surface area (Å²) < 4.78 is 48.5. The number of ether oxygens (including phenoxy) is 1. The third kappa shape index (κ3) is 5.38. The summed E-state index contributed by atoms with van der Waals surface area (Å²) in [5.41, 5.74) is 1.24. The highest BCUT2D eigenvalue weighted by atomic mass is 35.5. The summed E-state index contributed by atoms with van der Waals surface area (Å²) in [6.45, 7) is 5.55. The van der Waals surface area contributed by atoms with Crippen LogP contribution < -0.4 is 10.2 Å². The van der Waals surface area contributed by atoms with Crippen LogP contribution in [0.5, 0.6) is 0 Å². The Labute approximate surface area is 200 Å². The highest BCUT2D eigenvalue weighted by molar-refractivity contribution is 6.31. The first-order valence-electron chi connectivity index (χ1n) is 10.9. The maximum atomic E-state index is 15.2. The van der Waals surface area contributed by atoms with Gasteiger partial charge in [-0.25, -0.2) is 18.0 Å². The molecule has 1 fully saturated rings. The molecule has 2 aromatic carbocycles. The number of piperidine rings is 1. The molecular weight excluding hydrogens is 467 g/mol. The molecule has 0 saturated carbocycles. The Hall–Kier alpha value is -3.00. The van der Waals surface area contributed by atoms with Gasteiger partial charge in [0, 0.05) is 34.8 Å². The molecule has 1 amide bonds. The van der Waals surface area contributed by atoms with Crippen molar-refractivity contribution in [2.75, 3.05) is 18.0 Å². The number of nitrogens with zero attached hydrogens (tertiary/aromatic N) is 2. The van der Waals surface area contributed by atoms with Crippen molar-refractivity contribution in [3.8, 4) is 11.1 Å². The molecule has 1 aliphatic rings. The molecule has 2 heterocycles. The van der Waals surface area contributed by atoms with E-state index in [-0.39, 0.29) is 12.1 Å². The quantitative estimate of drug-likeness (QED) is 0.469. The summed E-state index contributed by atoms with van der Waals surface area (Å²) in [4.78, 5) is 18.4. The van der Waals surface area contributed by atoms with Crippen molar-refractivity contribution in [1.29, 1.82) is 0 Å². The van der Waals surface area contributed by atoms with Crippen LogP contribution in [0, 0.1) is 11.6 Å². The van der Waals surface area contributed by atoms with Gasteiger partial charge in [0.25, 0.3) is 0 Å². The fourth-order valence-electron chi connectivity index (χ4n) is 4.14. The van der Waals surface area contributed by atoms with E-state index in [9.17, 15) is 13.6 Å². The smallest absolute Gasteiger partial charge is 0.407 e. The second kappa shape index (κ2) is 9.33. The Balaban J connectivity index is 1.69. The number of carbonyl (C=O) groups excluding carboxylic acids is 1. The Morgan fingerprint density at radius 2 is 1.88 bits per heavy atom. The minimum Gasteiger partial charge on any atom is -0.444 e. The lowest BCUT2D eigenvalue weighted by molar-refractivity contribution is 0.0463. The van der Waals surface area contributed by atoms with Crippen LogP contribution in [0.4, 0.5) is 23.7 Å². The van der Waals surface area contributed by atoms with Crippen LogP contribution in [-0.2, 0) is 4.74 Å². The molecule has 0 radical (unpaired) electrons. The van der Waals surface area contributed by atoms with E-state index in [1.54, 1.807) is 43.9 Å². The number of rotatable bonds is 3. The first-order valence-corrected chi connectivity index (χ1v) is 11.3. The number of fused-ring (bicyclic) bond motifs is 1. The Kier molecular flexibility index (Phi) is 6.62. The maximum Gasteiger partial charge on any atom is 0.407 e. The topological polar surface area (TPSA) is 54.5 Å². The van der Waals surface area contributed by atoms with E-state index >= 15 is 4.39 Å². The number of alkyl carbamates (subject to hydrolysis) is 1. The molecule has 1 saturated heterocycles. The zero-order valence-electron chi connectivity index (χ0n) is 19.0. The molecule has 3 aromatic rings. The van der Waals surface area contributed by atoms with Crippen molar-refractivity contribution < 1.29 is 22.7 Å². The van der Waals surface area contributed by atoms with Crippen LogP contribution in [0.25, 0.3) is 22.0 Å². The molecule has 0 spiro atoms.